The maximum Gasteiger partial charge on any atom is 0.250 e. The molecule has 0 aliphatic heterocycles. The summed E-state index contributed by atoms with van der Waals surface area (Å²) in [5.74, 6) is 1.03. The number of nitrogens with one attached hydrogen (secondary N) is 1. The summed E-state index contributed by atoms with van der Waals surface area (Å²) in [6, 6.07) is 16.2. The number of pyridine rings is 1. The molecule has 5 nitrogen and oxygen atoms in total. The van der Waals surface area contributed by atoms with E-state index in [9.17, 15) is 8.42 Å². The van der Waals surface area contributed by atoms with Crippen LogP contribution in [0.5, 0.6) is 11.6 Å². The van der Waals surface area contributed by atoms with E-state index in [1.807, 2.05) is 37.3 Å². The van der Waals surface area contributed by atoms with Crippen LogP contribution in [0.2, 0.25) is 0 Å². The lowest BCUT2D eigenvalue weighted by Gasteiger charge is -2.10. The molecule has 1 N–H and O–H groups in total. The van der Waals surface area contributed by atoms with Crippen LogP contribution in [0, 0.1) is 6.92 Å². The van der Waals surface area contributed by atoms with Crippen molar-refractivity contribution in [2.45, 2.75) is 17.7 Å². The highest BCUT2D eigenvalue weighted by Gasteiger charge is 2.17. The van der Waals surface area contributed by atoms with E-state index in [0.717, 1.165) is 4.88 Å². The predicted molar refractivity (Wildman–Crippen MR) is 93.8 cm³/mol. The number of nitrogens with zero attached hydrogens (tertiary/aromatic N) is 1. The van der Waals surface area contributed by atoms with E-state index in [1.165, 1.54) is 11.3 Å². The molecule has 24 heavy (non-hydrogen) atoms. The van der Waals surface area contributed by atoms with Gasteiger partial charge in [-0.25, -0.2) is 18.1 Å². The van der Waals surface area contributed by atoms with Crippen LogP contribution in [0.25, 0.3) is 0 Å². The molecule has 0 amide bonds. The van der Waals surface area contributed by atoms with Gasteiger partial charge in [-0.15, -0.1) is 11.3 Å². The Kier molecular flexibility index (Phi) is 4.94. The molecule has 3 rings (SSSR count). The third-order valence-corrected chi connectivity index (χ3v) is 6.13. The molecule has 2 heterocycles. The molecular weight excluding hydrogens is 344 g/mol. The number of hydrogen-bond acceptors (Lipinski definition) is 5. The first-order valence-electron chi connectivity index (χ1n) is 7.27. The highest BCUT2D eigenvalue weighted by Crippen LogP contribution is 2.24. The molecule has 0 fully saturated rings. The lowest BCUT2D eigenvalue weighted by Crippen LogP contribution is -2.22. The summed E-state index contributed by atoms with van der Waals surface area (Å²) in [5, 5.41) is 0. The number of sulfonamides is 1. The lowest BCUT2D eigenvalue weighted by molar-refractivity contribution is 0.455. The summed E-state index contributed by atoms with van der Waals surface area (Å²) in [5.41, 5.74) is 0.665. The fourth-order valence-electron chi connectivity index (χ4n) is 2.05. The van der Waals surface area contributed by atoms with Crippen molar-refractivity contribution in [1.82, 2.24) is 9.71 Å². The third kappa shape index (κ3) is 4.00. The van der Waals surface area contributed by atoms with Crippen molar-refractivity contribution in [3.8, 4) is 11.6 Å². The molecule has 124 valence electrons. The van der Waals surface area contributed by atoms with Gasteiger partial charge in [0, 0.05) is 23.2 Å². The summed E-state index contributed by atoms with van der Waals surface area (Å²) >= 11 is 1.24. The fraction of sp³-hybridized carbons (Fsp3) is 0.118. The molecule has 0 bridgehead atoms. The van der Waals surface area contributed by atoms with Gasteiger partial charge in [0.15, 0.2) is 0 Å². The highest BCUT2D eigenvalue weighted by molar-refractivity contribution is 7.91. The van der Waals surface area contributed by atoms with Crippen molar-refractivity contribution in [3.63, 3.8) is 0 Å². The van der Waals surface area contributed by atoms with Crippen LogP contribution in [-0.2, 0) is 16.6 Å². The maximum absolute atomic E-state index is 12.3. The standard InChI is InChI=1S/C17H16N2O3S2/c1-13-9-10-16(23-13)24(20,21)19-12-14-6-5-11-18-17(14)22-15-7-3-2-4-8-15/h2-11,19H,12H2,1H3. The van der Waals surface area contributed by atoms with Gasteiger partial charge in [-0.1, -0.05) is 24.3 Å². The molecule has 2 aromatic heterocycles. The topological polar surface area (TPSA) is 68.3 Å². The van der Waals surface area contributed by atoms with Crippen LogP contribution in [0.15, 0.2) is 65.0 Å². The van der Waals surface area contributed by atoms with Crippen LogP contribution in [-0.4, -0.2) is 13.4 Å². The van der Waals surface area contributed by atoms with E-state index in [2.05, 4.69) is 9.71 Å². The minimum Gasteiger partial charge on any atom is -0.439 e. The summed E-state index contributed by atoms with van der Waals surface area (Å²) in [6.07, 6.45) is 1.61. The number of aromatic nitrogens is 1. The van der Waals surface area contributed by atoms with Crippen molar-refractivity contribution in [2.24, 2.45) is 0 Å². The molecule has 0 radical (unpaired) electrons. The van der Waals surface area contributed by atoms with Crippen molar-refractivity contribution >= 4 is 21.4 Å². The Balaban J connectivity index is 1.76. The average molecular weight is 360 g/mol. The largest absolute Gasteiger partial charge is 0.439 e. The summed E-state index contributed by atoms with van der Waals surface area (Å²) < 4.78 is 33.3. The first-order valence-corrected chi connectivity index (χ1v) is 9.57. The summed E-state index contributed by atoms with van der Waals surface area (Å²) in [7, 11) is -3.54. The number of rotatable bonds is 6. The van der Waals surface area contributed by atoms with Gasteiger partial charge in [0.2, 0.25) is 15.9 Å². The van der Waals surface area contributed by atoms with Gasteiger partial charge in [-0.2, -0.15) is 0 Å². The first kappa shape index (κ1) is 16.6. The van der Waals surface area contributed by atoms with Gasteiger partial charge < -0.3 is 4.74 Å². The van der Waals surface area contributed by atoms with Crippen LogP contribution >= 0.6 is 11.3 Å². The number of thiophene rings is 1. The van der Waals surface area contributed by atoms with Gasteiger partial charge in [0.1, 0.15) is 9.96 Å². The number of hydrogen-bond donors (Lipinski definition) is 1. The van der Waals surface area contributed by atoms with Gasteiger partial charge in [0.05, 0.1) is 0 Å². The Bertz CT molecular complexity index is 922. The first-order chi connectivity index (χ1) is 11.5. The van der Waals surface area contributed by atoms with Gasteiger partial charge in [-0.3, -0.25) is 0 Å². The smallest absolute Gasteiger partial charge is 0.250 e. The zero-order chi connectivity index (χ0) is 17.0. The van der Waals surface area contributed by atoms with Crippen LogP contribution in [0.1, 0.15) is 10.4 Å². The lowest BCUT2D eigenvalue weighted by atomic mass is 10.3. The van der Waals surface area contributed by atoms with Crippen LogP contribution < -0.4 is 9.46 Å². The van der Waals surface area contributed by atoms with Crippen LogP contribution in [0.3, 0.4) is 0 Å². The zero-order valence-corrected chi connectivity index (χ0v) is 14.6. The Morgan fingerprint density at radius 2 is 1.88 bits per heavy atom. The predicted octanol–water partition coefficient (Wildman–Crippen LogP) is 3.72. The van der Waals surface area contributed by atoms with Crippen molar-refractivity contribution in [3.05, 3.63) is 71.2 Å². The molecule has 0 unspecified atom stereocenters. The third-order valence-electron chi connectivity index (χ3n) is 3.24. The van der Waals surface area contributed by atoms with E-state index < -0.39 is 10.0 Å². The molecule has 0 aliphatic carbocycles. The Morgan fingerprint density at radius 1 is 1.08 bits per heavy atom. The molecule has 1 aromatic carbocycles. The Hall–Kier alpha value is -2.22. The second kappa shape index (κ2) is 7.12. The average Bonchev–Trinajstić information content (AvgIpc) is 3.03. The number of aryl methyl sites for hydroxylation is 1. The maximum atomic E-state index is 12.3. The van der Waals surface area contributed by atoms with Gasteiger partial charge in [0.25, 0.3) is 0 Å². The normalized spacial score (nSPS) is 11.4. The van der Waals surface area contributed by atoms with Crippen molar-refractivity contribution < 1.29 is 13.2 Å². The van der Waals surface area contributed by atoms with E-state index in [0.29, 0.717) is 21.4 Å². The molecule has 0 spiro atoms. The quantitative estimate of drug-likeness (QED) is 0.727. The fourth-order valence-corrected chi connectivity index (χ4v) is 4.39. The molecular formula is C17H16N2O3S2. The van der Waals surface area contributed by atoms with Gasteiger partial charge in [-0.05, 0) is 37.3 Å². The van der Waals surface area contributed by atoms with Crippen LogP contribution in [0.4, 0.5) is 0 Å². The van der Waals surface area contributed by atoms with Crippen molar-refractivity contribution in [1.29, 1.82) is 0 Å². The minimum atomic E-state index is -3.54. The van der Waals surface area contributed by atoms with E-state index in [-0.39, 0.29) is 6.54 Å². The molecule has 0 saturated carbocycles. The zero-order valence-electron chi connectivity index (χ0n) is 13.0. The second-order valence-corrected chi connectivity index (χ2v) is 8.35. The van der Waals surface area contributed by atoms with Crippen molar-refractivity contribution in [2.75, 3.05) is 0 Å². The molecule has 3 aromatic rings. The SMILES string of the molecule is Cc1ccc(S(=O)(=O)NCc2cccnc2Oc2ccccc2)s1. The Labute approximate surface area is 145 Å². The van der Waals surface area contributed by atoms with E-state index >= 15 is 0 Å². The highest BCUT2D eigenvalue weighted by atomic mass is 32.2. The Morgan fingerprint density at radius 3 is 2.58 bits per heavy atom. The summed E-state index contributed by atoms with van der Waals surface area (Å²) in [4.78, 5) is 5.15. The van der Waals surface area contributed by atoms with E-state index in [4.69, 9.17) is 4.74 Å². The second-order valence-electron chi connectivity index (χ2n) is 5.07. The van der Waals surface area contributed by atoms with E-state index in [1.54, 1.807) is 30.5 Å². The number of para-hydroxylation sites is 1. The molecule has 7 heteroatoms. The van der Waals surface area contributed by atoms with Gasteiger partial charge >= 0.3 is 0 Å². The number of benzene rings is 1. The molecule has 0 atom stereocenters. The minimum absolute atomic E-state index is 0.106. The number of ether oxygens (including phenoxy) is 1. The summed E-state index contributed by atoms with van der Waals surface area (Å²) in [6.45, 7) is 1.98. The molecule has 0 saturated heterocycles. The monoisotopic (exact) mass is 360 g/mol. The molecule has 0 aliphatic rings.